The van der Waals surface area contributed by atoms with E-state index in [1.54, 1.807) is 18.3 Å². The van der Waals surface area contributed by atoms with Crippen molar-refractivity contribution in [1.29, 1.82) is 0 Å². The van der Waals surface area contributed by atoms with Crippen molar-refractivity contribution in [2.24, 2.45) is 0 Å². The molecule has 1 heterocycles. The number of hydrogen-bond donors (Lipinski definition) is 0. The number of nitrogens with zero attached hydrogens (tertiary/aromatic N) is 1. The molecule has 3 heteroatoms. The molecule has 0 bridgehead atoms. The predicted molar refractivity (Wildman–Crippen MR) is 79.4 cm³/mol. The molecule has 0 fully saturated rings. The summed E-state index contributed by atoms with van der Waals surface area (Å²) in [7, 11) is 0. The van der Waals surface area contributed by atoms with E-state index < -0.39 is 0 Å². The summed E-state index contributed by atoms with van der Waals surface area (Å²) < 4.78 is 5.33. The van der Waals surface area contributed by atoms with E-state index in [4.69, 9.17) is 4.52 Å². The molecule has 21 heavy (non-hydrogen) atoms. The minimum Gasteiger partial charge on any atom is -0.356 e. The Bertz CT molecular complexity index is 1200. The first kappa shape index (κ1) is 10.8. The van der Waals surface area contributed by atoms with E-state index >= 15 is 0 Å². The molecule has 0 amide bonds. The first-order valence-electron chi connectivity index (χ1n) is 6.77. The molecule has 2 aromatic carbocycles. The summed E-state index contributed by atoms with van der Waals surface area (Å²) >= 11 is 0. The Balaban J connectivity index is 2.02. The lowest BCUT2D eigenvalue weighted by Crippen LogP contribution is -2.12. The average molecular weight is 271 g/mol. The minimum absolute atomic E-state index is 0.0415. The SMILES string of the molecule is O=C1C=Cc2c(ccc3c4c(ccc23)=c2oncc2=C4)=C1. The van der Waals surface area contributed by atoms with Gasteiger partial charge in [0.25, 0.3) is 0 Å². The van der Waals surface area contributed by atoms with Gasteiger partial charge in [0.2, 0.25) is 0 Å². The monoisotopic (exact) mass is 271 g/mol. The molecule has 0 spiro atoms. The molecule has 0 saturated carbocycles. The van der Waals surface area contributed by atoms with Crippen LogP contribution in [0.1, 0.15) is 11.1 Å². The summed E-state index contributed by atoms with van der Waals surface area (Å²) in [6.45, 7) is 0. The van der Waals surface area contributed by atoms with Crippen molar-refractivity contribution in [2.75, 3.05) is 0 Å². The maximum atomic E-state index is 11.5. The lowest BCUT2D eigenvalue weighted by molar-refractivity contribution is -0.109. The van der Waals surface area contributed by atoms with Crippen LogP contribution >= 0.6 is 0 Å². The molecule has 0 unspecified atom stereocenters. The van der Waals surface area contributed by atoms with E-state index in [2.05, 4.69) is 29.4 Å². The van der Waals surface area contributed by atoms with Crippen LogP contribution < -0.4 is 10.4 Å². The summed E-state index contributed by atoms with van der Waals surface area (Å²) in [5, 5.41) is 9.24. The van der Waals surface area contributed by atoms with Gasteiger partial charge < -0.3 is 4.52 Å². The number of aromatic nitrogens is 1. The Morgan fingerprint density at radius 1 is 0.857 bits per heavy atom. The number of fused-ring (bicyclic) bond motifs is 6. The third-order valence-corrected chi connectivity index (χ3v) is 4.17. The fraction of sp³-hybridized carbons (Fsp3) is 0. The zero-order valence-electron chi connectivity index (χ0n) is 11.0. The van der Waals surface area contributed by atoms with Crippen molar-refractivity contribution in [1.82, 2.24) is 5.16 Å². The third-order valence-electron chi connectivity index (χ3n) is 4.17. The van der Waals surface area contributed by atoms with Crippen molar-refractivity contribution >= 4 is 34.8 Å². The van der Waals surface area contributed by atoms with Gasteiger partial charge in [-0.15, -0.1) is 0 Å². The van der Waals surface area contributed by atoms with Gasteiger partial charge in [0.05, 0.1) is 6.20 Å². The maximum Gasteiger partial charge on any atom is 0.179 e. The van der Waals surface area contributed by atoms with Gasteiger partial charge in [0, 0.05) is 10.4 Å². The Labute approximate surface area is 118 Å². The Morgan fingerprint density at radius 2 is 1.71 bits per heavy atom. The molecule has 5 rings (SSSR count). The molecule has 0 atom stereocenters. The molecule has 2 aliphatic carbocycles. The third kappa shape index (κ3) is 1.32. The van der Waals surface area contributed by atoms with Crippen LogP contribution in [0.25, 0.3) is 29.0 Å². The van der Waals surface area contributed by atoms with Gasteiger partial charge in [-0.2, -0.15) is 0 Å². The lowest BCUT2D eigenvalue weighted by Gasteiger charge is -2.08. The lowest BCUT2D eigenvalue weighted by atomic mass is 9.95. The van der Waals surface area contributed by atoms with Gasteiger partial charge >= 0.3 is 0 Å². The van der Waals surface area contributed by atoms with E-state index in [0.29, 0.717) is 0 Å². The highest BCUT2D eigenvalue weighted by atomic mass is 16.5. The molecule has 2 aliphatic rings. The van der Waals surface area contributed by atoms with Gasteiger partial charge in [-0.3, -0.25) is 4.79 Å². The van der Waals surface area contributed by atoms with Crippen molar-refractivity contribution < 1.29 is 9.32 Å². The van der Waals surface area contributed by atoms with Gasteiger partial charge in [-0.1, -0.05) is 23.4 Å². The molecule has 0 saturated heterocycles. The van der Waals surface area contributed by atoms with Crippen LogP contribution in [-0.4, -0.2) is 10.9 Å². The normalized spacial score (nSPS) is 14.4. The number of hydrogen-bond acceptors (Lipinski definition) is 3. The predicted octanol–water partition coefficient (Wildman–Crippen LogP) is 1.63. The standard InChI is InChI=1S/C18H9NO2/c20-12-2-4-13-10(7-12)1-3-15-14(13)5-6-16-17(15)8-11-9-19-21-18(11)16/h1-9H. The fourth-order valence-electron chi connectivity index (χ4n) is 3.21. The van der Waals surface area contributed by atoms with Crippen LogP contribution in [0.2, 0.25) is 0 Å². The largest absolute Gasteiger partial charge is 0.356 e. The molecular formula is C18H9NO2. The molecule has 3 nitrogen and oxygen atoms in total. The van der Waals surface area contributed by atoms with E-state index in [1.165, 1.54) is 5.39 Å². The first-order valence-corrected chi connectivity index (χ1v) is 6.77. The average Bonchev–Trinajstić information content (AvgIpc) is 3.07. The highest BCUT2D eigenvalue weighted by Crippen LogP contribution is 2.25. The Hall–Kier alpha value is -2.94. The highest BCUT2D eigenvalue weighted by molar-refractivity contribution is 6.18. The zero-order chi connectivity index (χ0) is 14.0. The van der Waals surface area contributed by atoms with Gasteiger partial charge in [-0.25, -0.2) is 0 Å². The Kier molecular flexibility index (Phi) is 1.84. The number of carbonyl (C=O) groups excluding carboxylic acids is 1. The summed E-state index contributed by atoms with van der Waals surface area (Å²) in [5.41, 5.74) is 3.10. The topological polar surface area (TPSA) is 43.1 Å². The van der Waals surface area contributed by atoms with Crippen LogP contribution in [0.15, 0.2) is 41.1 Å². The van der Waals surface area contributed by atoms with Crippen molar-refractivity contribution in [3.05, 3.63) is 68.7 Å². The molecule has 0 N–H and O–H groups in total. The number of rotatable bonds is 0. The molecular weight excluding hydrogens is 262 g/mol. The van der Waals surface area contributed by atoms with Crippen LogP contribution in [0.4, 0.5) is 0 Å². The molecule has 3 aromatic rings. The zero-order valence-corrected chi connectivity index (χ0v) is 11.0. The van der Waals surface area contributed by atoms with Crippen LogP contribution in [0.5, 0.6) is 0 Å². The second-order valence-corrected chi connectivity index (χ2v) is 5.33. The van der Waals surface area contributed by atoms with Gasteiger partial charge in [0.15, 0.2) is 11.2 Å². The number of ketones is 1. The molecule has 1 aromatic heterocycles. The minimum atomic E-state index is 0.0415. The van der Waals surface area contributed by atoms with Crippen molar-refractivity contribution in [2.45, 2.75) is 0 Å². The van der Waals surface area contributed by atoms with Gasteiger partial charge in [0.1, 0.15) is 0 Å². The van der Waals surface area contributed by atoms with E-state index in [0.717, 1.165) is 37.6 Å². The number of benzene rings is 2. The second-order valence-electron chi connectivity index (χ2n) is 5.33. The quantitative estimate of drug-likeness (QED) is 0.488. The van der Waals surface area contributed by atoms with E-state index in [9.17, 15) is 4.79 Å². The second kappa shape index (κ2) is 3.58. The Morgan fingerprint density at radius 3 is 2.67 bits per heavy atom. The summed E-state index contributed by atoms with van der Waals surface area (Å²) in [6.07, 6.45) is 9.05. The van der Waals surface area contributed by atoms with Crippen molar-refractivity contribution in [3.8, 4) is 0 Å². The fourth-order valence-corrected chi connectivity index (χ4v) is 3.21. The van der Waals surface area contributed by atoms with Crippen LogP contribution in [0, 0.1) is 10.6 Å². The summed E-state index contributed by atoms with van der Waals surface area (Å²) in [5.74, 6) is 0.0415. The van der Waals surface area contributed by atoms with E-state index in [-0.39, 0.29) is 5.78 Å². The summed E-state index contributed by atoms with van der Waals surface area (Å²) in [6, 6.07) is 8.24. The van der Waals surface area contributed by atoms with Gasteiger partial charge in [-0.05, 0) is 57.5 Å². The molecule has 98 valence electrons. The van der Waals surface area contributed by atoms with Crippen LogP contribution in [-0.2, 0) is 4.79 Å². The highest BCUT2D eigenvalue weighted by Gasteiger charge is 2.12. The summed E-state index contributed by atoms with van der Waals surface area (Å²) in [4.78, 5) is 11.5. The van der Waals surface area contributed by atoms with Crippen molar-refractivity contribution in [3.63, 3.8) is 0 Å². The first-order chi connectivity index (χ1) is 10.3. The molecule has 0 radical (unpaired) electrons. The van der Waals surface area contributed by atoms with Crippen LogP contribution in [0.3, 0.4) is 0 Å². The smallest absolute Gasteiger partial charge is 0.179 e. The number of allylic oxidation sites excluding steroid dienone is 1. The maximum absolute atomic E-state index is 11.5. The number of carbonyl (C=O) groups is 1. The molecule has 0 aliphatic heterocycles. The van der Waals surface area contributed by atoms with E-state index in [1.807, 2.05) is 12.1 Å².